The van der Waals surface area contributed by atoms with E-state index in [0.29, 0.717) is 11.4 Å². The van der Waals surface area contributed by atoms with Crippen molar-refractivity contribution in [2.75, 3.05) is 16.5 Å². The zero-order valence-corrected chi connectivity index (χ0v) is 15.1. The summed E-state index contributed by atoms with van der Waals surface area (Å²) < 4.78 is 39.8. The molecule has 1 aromatic carbocycles. The molecule has 1 N–H and O–H groups in total. The quantitative estimate of drug-likeness (QED) is 0.837. The highest BCUT2D eigenvalue weighted by molar-refractivity contribution is 6.11. The normalized spacial score (nSPS) is 18.3. The van der Waals surface area contributed by atoms with Crippen molar-refractivity contribution in [1.82, 2.24) is 4.98 Å². The molecular formula is C20H20F3N3O2. The lowest BCUT2D eigenvalue weighted by molar-refractivity contribution is -0.137. The van der Waals surface area contributed by atoms with Crippen LogP contribution in [0.4, 0.5) is 24.5 Å². The topological polar surface area (TPSA) is 56.4 Å². The summed E-state index contributed by atoms with van der Waals surface area (Å²) in [6, 6.07) is 6.25. The lowest BCUT2D eigenvalue weighted by Gasteiger charge is -2.43. The summed E-state index contributed by atoms with van der Waals surface area (Å²) in [4.78, 5) is 30.3. The van der Waals surface area contributed by atoms with Gasteiger partial charge in [0.1, 0.15) is 0 Å². The van der Waals surface area contributed by atoms with Crippen LogP contribution in [-0.2, 0) is 6.18 Å². The average Bonchev–Trinajstić information content (AvgIpc) is 2.69. The number of carbonyl (C=O) groups is 1. The maximum Gasteiger partial charge on any atom is 0.416 e. The monoisotopic (exact) mass is 391 g/mol. The third-order valence-electron chi connectivity index (χ3n) is 5.50. The molecule has 1 aliphatic carbocycles. The first kappa shape index (κ1) is 18.6. The molecule has 8 heteroatoms. The average molecular weight is 391 g/mol. The van der Waals surface area contributed by atoms with Crippen LogP contribution in [0.5, 0.6) is 0 Å². The second-order valence-electron chi connectivity index (χ2n) is 7.28. The molecule has 0 radical (unpaired) electrons. The van der Waals surface area contributed by atoms with Gasteiger partial charge < -0.3 is 9.88 Å². The molecule has 0 unspecified atom stereocenters. The highest BCUT2D eigenvalue weighted by Gasteiger charge is 2.37. The molecule has 4 rings (SSSR count). The smallest absolute Gasteiger partial charge is 0.350 e. The number of nitrogens with zero attached hydrogens (tertiary/aromatic N) is 2. The molecule has 2 aromatic rings. The van der Waals surface area contributed by atoms with Gasteiger partial charge in [-0.25, -0.2) is 0 Å². The van der Waals surface area contributed by atoms with Crippen molar-refractivity contribution in [1.29, 1.82) is 0 Å². The lowest BCUT2D eigenvalue weighted by atomic mass is 9.92. The van der Waals surface area contributed by atoms with Gasteiger partial charge in [0.2, 0.25) is 5.56 Å². The van der Waals surface area contributed by atoms with Gasteiger partial charge in [-0.2, -0.15) is 13.2 Å². The first-order valence-corrected chi connectivity index (χ1v) is 9.33. The van der Waals surface area contributed by atoms with Crippen molar-refractivity contribution in [3.63, 3.8) is 0 Å². The number of aromatic amines is 1. The van der Waals surface area contributed by atoms with E-state index in [1.807, 2.05) is 4.90 Å². The fraction of sp³-hybridized carbons (Fsp3) is 0.400. The number of alkyl halides is 3. The second kappa shape index (κ2) is 7.00. The second-order valence-corrected chi connectivity index (χ2v) is 7.28. The molecule has 148 valence electrons. The number of hydrogen-bond acceptors (Lipinski definition) is 3. The van der Waals surface area contributed by atoms with E-state index < -0.39 is 11.7 Å². The zero-order chi connectivity index (χ0) is 19.9. The van der Waals surface area contributed by atoms with Crippen molar-refractivity contribution < 1.29 is 18.0 Å². The van der Waals surface area contributed by atoms with Crippen LogP contribution < -0.4 is 15.4 Å². The predicted molar refractivity (Wildman–Crippen MR) is 99.5 cm³/mol. The molecule has 0 bridgehead atoms. The number of benzene rings is 1. The number of pyridine rings is 1. The summed E-state index contributed by atoms with van der Waals surface area (Å²) in [5, 5.41) is 0. The van der Waals surface area contributed by atoms with Crippen LogP contribution in [0.2, 0.25) is 0 Å². The summed E-state index contributed by atoms with van der Waals surface area (Å²) in [7, 11) is 0. The number of fused-ring (bicyclic) bond motifs is 1. The molecule has 1 amide bonds. The number of H-pyrrole nitrogens is 1. The van der Waals surface area contributed by atoms with Crippen LogP contribution in [0.3, 0.4) is 0 Å². The summed E-state index contributed by atoms with van der Waals surface area (Å²) >= 11 is 0. The number of aromatic nitrogens is 1. The molecule has 0 spiro atoms. The molecule has 2 heterocycles. The molecule has 5 nitrogen and oxygen atoms in total. The van der Waals surface area contributed by atoms with Crippen LogP contribution in [0.1, 0.15) is 48.0 Å². The SMILES string of the molecule is O=C1c2ccc(C(F)(F)F)cc2N(C2CCCCC2)CN1c1ccc(=O)[nH]c1. The molecule has 1 aromatic heterocycles. The Bertz CT molecular complexity index is 928. The van der Waals surface area contributed by atoms with Crippen LogP contribution in [0.15, 0.2) is 41.3 Å². The lowest BCUT2D eigenvalue weighted by Crippen LogP contribution is -2.51. The Kier molecular flexibility index (Phi) is 4.64. The molecule has 0 saturated heterocycles. The number of carbonyl (C=O) groups excluding carboxylic acids is 1. The maximum absolute atomic E-state index is 13.3. The first-order chi connectivity index (χ1) is 13.3. The van der Waals surface area contributed by atoms with Crippen molar-refractivity contribution in [3.8, 4) is 0 Å². The van der Waals surface area contributed by atoms with E-state index in [9.17, 15) is 22.8 Å². The van der Waals surface area contributed by atoms with Gasteiger partial charge in [-0.3, -0.25) is 14.5 Å². The van der Waals surface area contributed by atoms with E-state index in [2.05, 4.69) is 4.98 Å². The minimum atomic E-state index is -4.47. The summed E-state index contributed by atoms with van der Waals surface area (Å²) in [5.74, 6) is -0.372. The van der Waals surface area contributed by atoms with Gasteiger partial charge in [0, 0.05) is 18.3 Å². The van der Waals surface area contributed by atoms with Gasteiger partial charge in [-0.1, -0.05) is 19.3 Å². The minimum absolute atomic E-state index is 0.0781. The van der Waals surface area contributed by atoms with Crippen LogP contribution in [-0.4, -0.2) is 23.6 Å². The van der Waals surface area contributed by atoms with Gasteiger partial charge in [0.25, 0.3) is 5.91 Å². The van der Waals surface area contributed by atoms with Crippen LogP contribution in [0, 0.1) is 0 Å². The fourth-order valence-corrected chi connectivity index (χ4v) is 4.04. The molecule has 0 atom stereocenters. The summed E-state index contributed by atoms with van der Waals surface area (Å²) in [6.45, 7) is 0.157. The zero-order valence-electron chi connectivity index (χ0n) is 15.1. The molecule has 1 saturated carbocycles. The van der Waals surface area contributed by atoms with Gasteiger partial charge in [-0.15, -0.1) is 0 Å². The molecule has 2 aliphatic rings. The Morgan fingerprint density at radius 2 is 1.75 bits per heavy atom. The highest BCUT2D eigenvalue weighted by atomic mass is 19.4. The maximum atomic E-state index is 13.3. The number of hydrogen-bond donors (Lipinski definition) is 1. The Morgan fingerprint density at radius 1 is 1.00 bits per heavy atom. The Hall–Kier alpha value is -2.77. The van der Waals surface area contributed by atoms with E-state index >= 15 is 0 Å². The van der Waals surface area contributed by atoms with Gasteiger partial charge >= 0.3 is 6.18 Å². The Labute approximate surface area is 159 Å². The fourth-order valence-electron chi connectivity index (χ4n) is 4.04. The number of halogens is 3. The number of rotatable bonds is 2. The molecule has 1 aliphatic heterocycles. The van der Waals surface area contributed by atoms with Gasteiger partial charge in [-0.05, 0) is 37.1 Å². The van der Waals surface area contributed by atoms with E-state index in [1.165, 1.54) is 23.2 Å². The van der Waals surface area contributed by atoms with Crippen LogP contribution in [0.25, 0.3) is 0 Å². The largest absolute Gasteiger partial charge is 0.416 e. The van der Waals surface area contributed by atoms with Crippen molar-refractivity contribution in [3.05, 3.63) is 58.0 Å². The molecule has 1 fully saturated rings. The van der Waals surface area contributed by atoms with E-state index in [1.54, 1.807) is 6.07 Å². The minimum Gasteiger partial charge on any atom is -0.350 e. The number of anilines is 2. The van der Waals surface area contributed by atoms with Gasteiger partial charge in [0.05, 0.1) is 29.2 Å². The van der Waals surface area contributed by atoms with E-state index in [0.717, 1.165) is 44.2 Å². The predicted octanol–water partition coefficient (Wildman–Crippen LogP) is 4.15. The molecule has 28 heavy (non-hydrogen) atoms. The molecular weight excluding hydrogens is 371 g/mol. The number of nitrogens with one attached hydrogen (secondary N) is 1. The third-order valence-corrected chi connectivity index (χ3v) is 5.50. The van der Waals surface area contributed by atoms with Crippen molar-refractivity contribution in [2.24, 2.45) is 0 Å². The summed E-state index contributed by atoms with van der Waals surface area (Å²) in [6.07, 6.45) is 1.89. The summed E-state index contributed by atoms with van der Waals surface area (Å²) in [5.41, 5.74) is 0.0595. The standard InChI is InChI=1S/C20H20F3N3O2/c21-20(22,23)13-6-8-16-17(10-13)25(14-4-2-1-3-5-14)12-26(19(16)28)15-7-9-18(27)24-11-15/h6-11,14H,1-5,12H2,(H,24,27). The third kappa shape index (κ3) is 3.39. The van der Waals surface area contributed by atoms with E-state index in [4.69, 9.17) is 0 Å². The number of amides is 1. The van der Waals surface area contributed by atoms with Crippen molar-refractivity contribution in [2.45, 2.75) is 44.3 Å². The van der Waals surface area contributed by atoms with E-state index in [-0.39, 0.29) is 29.7 Å². The highest BCUT2D eigenvalue weighted by Crippen LogP contribution is 2.39. The van der Waals surface area contributed by atoms with Gasteiger partial charge in [0.15, 0.2) is 0 Å². The Balaban J connectivity index is 1.79. The first-order valence-electron chi connectivity index (χ1n) is 9.33. The van der Waals surface area contributed by atoms with Crippen LogP contribution >= 0.6 is 0 Å². The van der Waals surface area contributed by atoms with Crippen molar-refractivity contribution >= 4 is 17.3 Å². The Morgan fingerprint density at radius 3 is 2.39 bits per heavy atom.